The van der Waals surface area contributed by atoms with Crippen LogP contribution in [0.5, 0.6) is 11.5 Å². The molecule has 0 aromatic heterocycles. The summed E-state index contributed by atoms with van der Waals surface area (Å²) in [4.78, 5) is 24.6. The van der Waals surface area contributed by atoms with Crippen molar-refractivity contribution in [2.45, 2.75) is 32.6 Å². The first kappa shape index (κ1) is 21.3. The van der Waals surface area contributed by atoms with E-state index in [9.17, 15) is 14.7 Å². The number of rotatable bonds is 9. The van der Waals surface area contributed by atoms with Crippen LogP contribution >= 0.6 is 0 Å². The average molecular weight is 402 g/mol. The first-order valence-electron chi connectivity index (χ1n) is 10.00. The molecule has 1 atom stereocenters. The zero-order valence-electron chi connectivity index (χ0n) is 17.2. The number of aliphatic carboxylic acids is 1. The molecule has 0 saturated heterocycles. The van der Waals surface area contributed by atoms with E-state index < -0.39 is 11.4 Å². The summed E-state index contributed by atoms with van der Waals surface area (Å²) in [6.45, 7) is 3.40. The molecule has 1 unspecified atom stereocenters. The number of ether oxygens (including phenoxy) is 1. The maximum atomic E-state index is 13.0. The quantitative estimate of drug-likeness (QED) is 0.424. The van der Waals surface area contributed by atoms with Crippen LogP contribution in [0.1, 0.15) is 48.5 Å². The van der Waals surface area contributed by atoms with Gasteiger partial charge in [-0.1, -0.05) is 48.5 Å². The van der Waals surface area contributed by atoms with Crippen molar-refractivity contribution in [1.29, 1.82) is 0 Å². The fraction of sp³-hybridized carbons (Fsp3) is 0.231. The number of carboxylic acids is 1. The second-order valence-electron chi connectivity index (χ2n) is 8.07. The molecule has 154 valence electrons. The zero-order chi connectivity index (χ0) is 21.6. The van der Waals surface area contributed by atoms with Gasteiger partial charge in [-0.15, -0.1) is 0 Å². The second kappa shape index (κ2) is 9.40. The number of ketones is 1. The molecule has 4 heteroatoms. The van der Waals surface area contributed by atoms with Crippen LogP contribution in [-0.2, 0) is 4.79 Å². The number of carboxylic acid groups (broad SMARTS) is 1. The van der Waals surface area contributed by atoms with Crippen LogP contribution in [0.25, 0.3) is 0 Å². The van der Waals surface area contributed by atoms with E-state index in [1.165, 1.54) is 0 Å². The first-order valence-corrected chi connectivity index (χ1v) is 10.00. The predicted molar refractivity (Wildman–Crippen MR) is 117 cm³/mol. The normalized spacial score (nSPS) is 12.2. The first-order chi connectivity index (χ1) is 14.3. The Morgan fingerprint density at radius 3 is 1.93 bits per heavy atom. The monoisotopic (exact) mass is 402 g/mol. The van der Waals surface area contributed by atoms with E-state index in [0.717, 1.165) is 11.3 Å². The summed E-state index contributed by atoms with van der Waals surface area (Å²) in [6, 6.07) is 26.2. The van der Waals surface area contributed by atoms with Crippen molar-refractivity contribution in [1.82, 2.24) is 0 Å². The van der Waals surface area contributed by atoms with Gasteiger partial charge in [-0.05, 0) is 68.1 Å². The molecule has 0 fully saturated rings. The highest BCUT2D eigenvalue weighted by Gasteiger charge is 2.32. The lowest BCUT2D eigenvalue weighted by atomic mass is 9.77. The van der Waals surface area contributed by atoms with E-state index in [1.54, 1.807) is 38.1 Å². The lowest BCUT2D eigenvalue weighted by molar-refractivity contribution is -0.147. The van der Waals surface area contributed by atoms with Crippen molar-refractivity contribution in [3.63, 3.8) is 0 Å². The Morgan fingerprint density at radius 1 is 0.833 bits per heavy atom. The number of carbonyl (C=O) groups is 2. The van der Waals surface area contributed by atoms with Crippen LogP contribution < -0.4 is 4.74 Å². The summed E-state index contributed by atoms with van der Waals surface area (Å²) in [5, 5.41) is 9.54. The van der Waals surface area contributed by atoms with Gasteiger partial charge in [0.1, 0.15) is 11.5 Å². The number of hydrogen-bond acceptors (Lipinski definition) is 3. The van der Waals surface area contributed by atoms with Crippen LogP contribution in [0, 0.1) is 5.41 Å². The number of carbonyl (C=O) groups excluding carboxylic acids is 1. The van der Waals surface area contributed by atoms with Crippen LogP contribution in [-0.4, -0.2) is 16.9 Å². The summed E-state index contributed by atoms with van der Waals surface area (Å²) in [5.41, 5.74) is 0.641. The summed E-state index contributed by atoms with van der Waals surface area (Å²) in [5.74, 6) is 0.334. The summed E-state index contributed by atoms with van der Waals surface area (Å²) < 4.78 is 5.78. The van der Waals surface area contributed by atoms with Crippen molar-refractivity contribution in [3.8, 4) is 11.5 Å². The third-order valence-electron chi connectivity index (χ3n) is 5.19. The van der Waals surface area contributed by atoms with Crippen molar-refractivity contribution in [2.24, 2.45) is 5.41 Å². The lowest BCUT2D eigenvalue weighted by Gasteiger charge is -2.26. The molecule has 0 radical (unpaired) electrons. The van der Waals surface area contributed by atoms with Gasteiger partial charge in [0.2, 0.25) is 0 Å². The molecular formula is C26H26O4. The van der Waals surface area contributed by atoms with Gasteiger partial charge in [0.05, 0.1) is 5.41 Å². The van der Waals surface area contributed by atoms with Crippen molar-refractivity contribution in [3.05, 3.63) is 96.1 Å². The van der Waals surface area contributed by atoms with Gasteiger partial charge in [-0.25, -0.2) is 0 Å². The Kier molecular flexibility index (Phi) is 6.68. The molecule has 1 N–H and O–H groups in total. The Morgan fingerprint density at radius 2 is 1.37 bits per heavy atom. The Balaban J connectivity index is 1.74. The fourth-order valence-electron chi connectivity index (χ4n) is 3.41. The topological polar surface area (TPSA) is 63.6 Å². The maximum Gasteiger partial charge on any atom is 0.309 e. The molecule has 0 aliphatic carbocycles. The van der Waals surface area contributed by atoms with Crippen molar-refractivity contribution >= 4 is 11.8 Å². The van der Waals surface area contributed by atoms with Gasteiger partial charge in [0, 0.05) is 12.0 Å². The minimum Gasteiger partial charge on any atom is -0.481 e. The minimum absolute atomic E-state index is 0.0173. The Bertz CT molecular complexity index is 977. The highest BCUT2D eigenvalue weighted by Crippen LogP contribution is 2.35. The molecule has 0 bridgehead atoms. The maximum absolute atomic E-state index is 13.0. The van der Waals surface area contributed by atoms with Crippen LogP contribution in [0.2, 0.25) is 0 Å². The molecule has 0 aliphatic rings. The summed E-state index contributed by atoms with van der Waals surface area (Å²) in [6.07, 6.45) is 0.632. The van der Waals surface area contributed by atoms with Gasteiger partial charge in [0.15, 0.2) is 5.78 Å². The van der Waals surface area contributed by atoms with Crippen molar-refractivity contribution < 1.29 is 19.4 Å². The molecule has 3 aromatic carbocycles. The van der Waals surface area contributed by atoms with E-state index in [4.69, 9.17) is 4.74 Å². The van der Waals surface area contributed by atoms with E-state index in [-0.39, 0.29) is 18.1 Å². The van der Waals surface area contributed by atoms with Gasteiger partial charge >= 0.3 is 5.97 Å². The highest BCUT2D eigenvalue weighted by molar-refractivity contribution is 5.96. The molecule has 3 aromatic rings. The molecule has 0 heterocycles. The molecule has 4 nitrogen and oxygen atoms in total. The number of para-hydroxylation sites is 1. The lowest BCUT2D eigenvalue weighted by Crippen LogP contribution is -2.27. The van der Waals surface area contributed by atoms with E-state index in [2.05, 4.69) is 0 Å². The average Bonchev–Trinajstić information content (AvgIpc) is 2.75. The van der Waals surface area contributed by atoms with E-state index >= 15 is 0 Å². The highest BCUT2D eigenvalue weighted by atomic mass is 16.5. The Hall–Kier alpha value is -3.40. The van der Waals surface area contributed by atoms with Gasteiger partial charge in [-0.3, -0.25) is 9.59 Å². The molecule has 30 heavy (non-hydrogen) atoms. The third kappa shape index (κ3) is 5.57. The number of hydrogen-bond donors (Lipinski definition) is 1. The smallest absolute Gasteiger partial charge is 0.309 e. The van der Waals surface area contributed by atoms with Crippen LogP contribution in [0.4, 0.5) is 0 Å². The molecular weight excluding hydrogens is 376 g/mol. The summed E-state index contributed by atoms with van der Waals surface area (Å²) in [7, 11) is 0. The molecule has 0 saturated carbocycles. The largest absolute Gasteiger partial charge is 0.481 e. The van der Waals surface area contributed by atoms with E-state index in [1.807, 2.05) is 60.7 Å². The second-order valence-corrected chi connectivity index (χ2v) is 8.07. The third-order valence-corrected chi connectivity index (χ3v) is 5.19. The standard InChI is InChI=1S/C26H26O4/c1-26(2,25(28)29)18-21(19-9-5-3-6-10-19)17-24(27)20-13-15-23(16-14-20)30-22-11-7-4-8-12-22/h3-16,21H,17-18H2,1-2H3,(H,28,29). The summed E-state index contributed by atoms with van der Waals surface area (Å²) >= 11 is 0. The predicted octanol–water partition coefficient (Wildman–Crippen LogP) is 6.34. The van der Waals surface area contributed by atoms with Crippen molar-refractivity contribution in [2.75, 3.05) is 0 Å². The van der Waals surface area contributed by atoms with Gasteiger partial charge < -0.3 is 9.84 Å². The molecule has 0 spiro atoms. The van der Waals surface area contributed by atoms with Gasteiger partial charge in [0.25, 0.3) is 0 Å². The SMILES string of the molecule is CC(C)(CC(CC(=O)c1ccc(Oc2ccccc2)cc1)c1ccccc1)C(=O)O. The number of Topliss-reactive ketones (excluding diaryl/α,β-unsaturated/α-hetero) is 1. The van der Waals surface area contributed by atoms with Crippen LogP contribution in [0.3, 0.4) is 0 Å². The zero-order valence-corrected chi connectivity index (χ0v) is 17.2. The Labute approximate surface area is 177 Å². The van der Waals surface area contributed by atoms with E-state index in [0.29, 0.717) is 17.7 Å². The molecule has 3 rings (SSSR count). The molecule has 0 aliphatic heterocycles. The van der Waals surface area contributed by atoms with Crippen LogP contribution in [0.15, 0.2) is 84.9 Å². The van der Waals surface area contributed by atoms with Gasteiger partial charge in [-0.2, -0.15) is 0 Å². The molecule has 0 amide bonds. The fourth-order valence-corrected chi connectivity index (χ4v) is 3.41. The minimum atomic E-state index is -0.922. The number of benzene rings is 3.